The fraction of sp³-hybridized carbons (Fsp3) is 0.450. The second kappa shape index (κ2) is 8.34. The number of benzene rings is 1. The SMILES string of the molecule is Cc1cccc2c(CCC(=O)N(CC(F)F)CC3CCC=CO3)c[nH]c12. The number of nitrogens with one attached hydrogen (secondary N) is 1. The van der Waals surface area contributed by atoms with E-state index in [1.165, 1.54) is 4.90 Å². The lowest BCUT2D eigenvalue weighted by Crippen LogP contribution is -2.41. The minimum Gasteiger partial charge on any atom is -0.497 e. The Bertz CT molecular complexity index is 785. The third-order valence-corrected chi connectivity index (χ3v) is 4.78. The van der Waals surface area contributed by atoms with Crippen molar-refractivity contribution in [3.8, 4) is 0 Å². The van der Waals surface area contributed by atoms with E-state index in [0.29, 0.717) is 6.42 Å². The van der Waals surface area contributed by atoms with E-state index < -0.39 is 13.0 Å². The Morgan fingerprint density at radius 3 is 3.00 bits per heavy atom. The third kappa shape index (κ3) is 4.42. The molecule has 1 aromatic heterocycles. The maximum atomic E-state index is 12.9. The van der Waals surface area contributed by atoms with Crippen LogP contribution < -0.4 is 0 Å². The molecule has 0 bridgehead atoms. The Hall–Kier alpha value is -2.37. The van der Waals surface area contributed by atoms with E-state index in [1.807, 2.05) is 37.4 Å². The Morgan fingerprint density at radius 1 is 1.42 bits per heavy atom. The highest BCUT2D eigenvalue weighted by atomic mass is 19.3. The van der Waals surface area contributed by atoms with E-state index in [2.05, 4.69) is 4.98 Å². The molecular weight excluding hydrogens is 338 g/mol. The summed E-state index contributed by atoms with van der Waals surface area (Å²) >= 11 is 0. The van der Waals surface area contributed by atoms with Gasteiger partial charge in [0.25, 0.3) is 6.43 Å². The molecular formula is C20H24F2N2O2. The molecule has 6 heteroatoms. The van der Waals surface area contributed by atoms with E-state index in [4.69, 9.17) is 4.74 Å². The van der Waals surface area contributed by atoms with Crippen molar-refractivity contribution in [2.45, 2.75) is 45.1 Å². The van der Waals surface area contributed by atoms with Gasteiger partial charge < -0.3 is 14.6 Å². The fourth-order valence-corrected chi connectivity index (χ4v) is 3.38. The molecule has 4 nitrogen and oxygen atoms in total. The normalized spacial score (nSPS) is 16.8. The first kappa shape index (κ1) is 18.4. The van der Waals surface area contributed by atoms with Crippen molar-refractivity contribution in [3.05, 3.63) is 47.9 Å². The summed E-state index contributed by atoms with van der Waals surface area (Å²) in [5.74, 6) is -0.259. The first-order chi connectivity index (χ1) is 12.5. The predicted octanol–water partition coefficient (Wildman–Crippen LogP) is 4.20. The first-order valence-electron chi connectivity index (χ1n) is 8.96. The van der Waals surface area contributed by atoms with Crippen LogP contribution in [0.4, 0.5) is 8.78 Å². The van der Waals surface area contributed by atoms with E-state index in [0.717, 1.165) is 34.9 Å². The molecule has 1 N–H and O–H groups in total. The van der Waals surface area contributed by atoms with E-state index in [1.54, 1.807) is 6.26 Å². The molecule has 1 aromatic carbocycles. The monoisotopic (exact) mass is 362 g/mol. The van der Waals surface area contributed by atoms with Crippen molar-refractivity contribution in [1.29, 1.82) is 0 Å². The van der Waals surface area contributed by atoms with Gasteiger partial charge in [-0.05, 0) is 43.4 Å². The summed E-state index contributed by atoms with van der Waals surface area (Å²) in [4.78, 5) is 17.0. The number of halogens is 2. The van der Waals surface area contributed by atoms with Gasteiger partial charge in [-0.3, -0.25) is 4.79 Å². The number of nitrogens with zero attached hydrogens (tertiary/aromatic N) is 1. The number of ether oxygens (including phenoxy) is 1. The molecule has 1 aliphatic rings. The quantitative estimate of drug-likeness (QED) is 0.802. The molecule has 0 fully saturated rings. The number of aromatic nitrogens is 1. The standard InChI is InChI=1S/C20H24F2N2O2/c1-14-5-4-7-17-15(11-23-20(14)17)8-9-19(25)24(13-18(21)22)12-16-6-2-3-10-26-16/h3-5,7,10-11,16,18,23H,2,6,8-9,12-13H2,1H3. The van der Waals surface area contributed by atoms with Crippen LogP contribution in [0.3, 0.4) is 0 Å². The minimum atomic E-state index is -2.55. The molecule has 0 saturated heterocycles. The van der Waals surface area contributed by atoms with Crippen molar-refractivity contribution in [3.63, 3.8) is 0 Å². The summed E-state index contributed by atoms with van der Waals surface area (Å²) in [6.07, 6.45) is 4.94. The highest BCUT2D eigenvalue weighted by Gasteiger charge is 2.23. The summed E-state index contributed by atoms with van der Waals surface area (Å²) in [5, 5.41) is 1.08. The smallest absolute Gasteiger partial charge is 0.255 e. The highest BCUT2D eigenvalue weighted by Crippen LogP contribution is 2.23. The van der Waals surface area contributed by atoms with Crippen LogP contribution in [0.15, 0.2) is 36.7 Å². The number of fused-ring (bicyclic) bond motifs is 1. The third-order valence-electron chi connectivity index (χ3n) is 4.78. The van der Waals surface area contributed by atoms with Gasteiger partial charge in [0.15, 0.2) is 0 Å². The molecule has 2 heterocycles. The molecule has 0 spiro atoms. The lowest BCUT2D eigenvalue weighted by molar-refractivity contribution is -0.134. The molecule has 0 saturated carbocycles. The topological polar surface area (TPSA) is 45.3 Å². The zero-order valence-corrected chi connectivity index (χ0v) is 14.9. The van der Waals surface area contributed by atoms with Crippen LogP contribution in [0.2, 0.25) is 0 Å². The van der Waals surface area contributed by atoms with Gasteiger partial charge >= 0.3 is 0 Å². The largest absolute Gasteiger partial charge is 0.497 e. The van der Waals surface area contributed by atoms with Crippen molar-refractivity contribution >= 4 is 16.8 Å². The second-order valence-electron chi connectivity index (χ2n) is 6.71. The number of para-hydroxylation sites is 1. The molecule has 140 valence electrons. The van der Waals surface area contributed by atoms with Crippen LogP contribution in [0.25, 0.3) is 10.9 Å². The molecule has 2 aromatic rings. The lowest BCUT2D eigenvalue weighted by atomic mass is 10.1. The van der Waals surface area contributed by atoms with Gasteiger partial charge in [0.1, 0.15) is 6.10 Å². The molecule has 1 aliphatic heterocycles. The zero-order chi connectivity index (χ0) is 18.5. The van der Waals surface area contributed by atoms with Crippen LogP contribution >= 0.6 is 0 Å². The van der Waals surface area contributed by atoms with Gasteiger partial charge in [-0.15, -0.1) is 0 Å². The van der Waals surface area contributed by atoms with Gasteiger partial charge in [-0.25, -0.2) is 8.78 Å². The van der Waals surface area contributed by atoms with Crippen LogP contribution in [0.1, 0.15) is 30.4 Å². The van der Waals surface area contributed by atoms with E-state index >= 15 is 0 Å². The molecule has 1 unspecified atom stereocenters. The number of aromatic amines is 1. The number of aryl methyl sites for hydroxylation is 2. The maximum absolute atomic E-state index is 12.9. The van der Waals surface area contributed by atoms with Crippen molar-refractivity contribution in [2.75, 3.05) is 13.1 Å². The maximum Gasteiger partial charge on any atom is 0.255 e. The number of alkyl halides is 2. The molecule has 26 heavy (non-hydrogen) atoms. The summed E-state index contributed by atoms with van der Waals surface area (Å²) in [6.45, 7) is 1.69. The number of hydrogen-bond acceptors (Lipinski definition) is 2. The van der Waals surface area contributed by atoms with Gasteiger partial charge in [-0.2, -0.15) is 0 Å². The van der Waals surface area contributed by atoms with Gasteiger partial charge in [0, 0.05) is 23.5 Å². The number of amides is 1. The van der Waals surface area contributed by atoms with Crippen molar-refractivity contribution < 1.29 is 18.3 Å². The summed E-state index contributed by atoms with van der Waals surface area (Å²) in [6, 6.07) is 6.02. The predicted molar refractivity (Wildman–Crippen MR) is 97.2 cm³/mol. The van der Waals surface area contributed by atoms with Gasteiger partial charge in [0.05, 0.1) is 19.4 Å². The molecule has 3 rings (SSSR count). The number of carbonyl (C=O) groups is 1. The second-order valence-corrected chi connectivity index (χ2v) is 6.71. The Balaban J connectivity index is 1.64. The zero-order valence-electron chi connectivity index (χ0n) is 14.9. The summed E-state index contributed by atoms with van der Waals surface area (Å²) < 4.78 is 31.3. The molecule has 1 amide bonds. The van der Waals surface area contributed by atoms with E-state index in [9.17, 15) is 13.6 Å². The van der Waals surface area contributed by atoms with Crippen molar-refractivity contribution in [2.24, 2.45) is 0 Å². The minimum absolute atomic E-state index is 0.205. The highest BCUT2D eigenvalue weighted by molar-refractivity contribution is 5.86. The summed E-state index contributed by atoms with van der Waals surface area (Å²) in [7, 11) is 0. The Labute approximate surface area is 151 Å². The van der Waals surface area contributed by atoms with Gasteiger partial charge in [-0.1, -0.05) is 18.2 Å². The van der Waals surface area contributed by atoms with Crippen LogP contribution in [0.5, 0.6) is 0 Å². The Kier molecular flexibility index (Phi) is 5.91. The van der Waals surface area contributed by atoms with E-state index in [-0.39, 0.29) is 25.0 Å². The fourth-order valence-electron chi connectivity index (χ4n) is 3.38. The lowest BCUT2D eigenvalue weighted by Gasteiger charge is -2.28. The molecule has 0 aliphatic carbocycles. The molecule has 1 atom stereocenters. The number of rotatable bonds is 7. The average Bonchev–Trinajstić information content (AvgIpc) is 3.04. The number of hydrogen-bond donors (Lipinski definition) is 1. The first-order valence-corrected chi connectivity index (χ1v) is 8.96. The number of allylic oxidation sites excluding steroid dienone is 1. The number of H-pyrrole nitrogens is 1. The summed E-state index contributed by atoms with van der Waals surface area (Å²) in [5.41, 5.74) is 3.23. The van der Waals surface area contributed by atoms with Crippen LogP contribution in [-0.2, 0) is 16.0 Å². The molecule has 0 radical (unpaired) electrons. The van der Waals surface area contributed by atoms with Crippen LogP contribution in [-0.4, -0.2) is 41.4 Å². The van der Waals surface area contributed by atoms with Crippen LogP contribution in [0, 0.1) is 6.92 Å². The Morgan fingerprint density at radius 2 is 2.27 bits per heavy atom. The number of carbonyl (C=O) groups excluding carboxylic acids is 1. The van der Waals surface area contributed by atoms with Crippen molar-refractivity contribution in [1.82, 2.24) is 9.88 Å². The average molecular weight is 362 g/mol. The van der Waals surface area contributed by atoms with Gasteiger partial charge in [0.2, 0.25) is 5.91 Å².